The summed E-state index contributed by atoms with van der Waals surface area (Å²) >= 11 is 0. The number of aliphatic carboxylic acids is 1. The molecule has 3 heterocycles. The van der Waals surface area contributed by atoms with Gasteiger partial charge in [-0.3, -0.25) is 14.4 Å². The minimum atomic E-state index is -0.955. The van der Waals surface area contributed by atoms with Gasteiger partial charge >= 0.3 is 5.97 Å². The lowest BCUT2D eigenvalue weighted by molar-refractivity contribution is -0.141. The Morgan fingerprint density at radius 1 is 1.00 bits per heavy atom. The highest BCUT2D eigenvalue weighted by atomic mass is 16.4. The van der Waals surface area contributed by atoms with Gasteiger partial charge in [0.05, 0.1) is 6.42 Å². The van der Waals surface area contributed by atoms with Gasteiger partial charge in [-0.15, -0.1) is 0 Å². The van der Waals surface area contributed by atoms with Crippen molar-refractivity contribution in [3.8, 4) is 11.1 Å². The largest absolute Gasteiger partial charge is 0.481 e. The number of aromatic nitrogens is 1. The van der Waals surface area contributed by atoms with Crippen molar-refractivity contribution < 1.29 is 14.7 Å². The van der Waals surface area contributed by atoms with Crippen LogP contribution in [0, 0.1) is 5.92 Å². The van der Waals surface area contributed by atoms with Crippen LogP contribution in [0.3, 0.4) is 0 Å². The van der Waals surface area contributed by atoms with Crippen LogP contribution in [0.5, 0.6) is 0 Å². The third-order valence-corrected chi connectivity index (χ3v) is 5.58. The molecule has 6 nitrogen and oxygen atoms in total. The fourth-order valence-corrected chi connectivity index (χ4v) is 4.45. The third kappa shape index (κ3) is 3.39. The number of hydrogen-bond acceptors (Lipinski definition) is 3. The zero-order valence-electron chi connectivity index (χ0n) is 15.0. The summed E-state index contributed by atoms with van der Waals surface area (Å²) in [5, 5.41) is 8.84. The second-order valence-corrected chi connectivity index (χ2v) is 7.44. The Kier molecular flexibility index (Phi) is 4.56. The monoisotopic (exact) mass is 366 g/mol. The Morgan fingerprint density at radius 2 is 1.78 bits per heavy atom. The van der Waals surface area contributed by atoms with Gasteiger partial charge in [0, 0.05) is 49.3 Å². The van der Waals surface area contributed by atoms with E-state index in [2.05, 4.69) is 0 Å². The molecule has 2 atom stereocenters. The van der Waals surface area contributed by atoms with Crippen LogP contribution in [-0.4, -0.2) is 39.5 Å². The van der Waals surface area contributed by atoms with Gasteiger partial charge in [0.2, 0.25) is 5.91 Å². The first-order valence-corrected chi connectivity index (χ1v) is 9.31. The summed E-state index contributed by atoms with van der Waals surface area (Å²) in [5.74, 6) is -0.743. The molecule has 0 spiro atoms. The number of likely N-dealkylation sites (tertiary alicyclic amines) is 1. The van der Waals surface area contributed by atoms with Gasteiger partial charge in [-0.2, -0.15) is 0 Å². The van der Waals surface area contributed by atoms with Crippen molar-refractivity contribution in [3.63, 3.8) is 0 Å². The molecule has 0 radical (unpaired) electrons. The molecule has 1 saturated heterocycles. The van der Waals surface area contributed by atoms with Gasteiger partial charge in [-0.25, -0.2) is 0 Å². The number of nitrogens with zero attached hydrogens (tertiary/aromatic N) is 2. The smallest absolute Gasteiger partial charge is 0.303 e. The van der Waals surface area contributed by atoms with E-state index in [-0.39, 0.29) is 36.1 Å². The second-order valence-electron chi connectivity index (χ2n) is 7.44. The molecule has 2 aliphatic heterocycles. The van der Waals surface area contributed by atoms with Gasteiger partial charge < -0.3 is 14.6 Å². The fraction of sp³-hybridized carbons (Fsp3) is 0.381. The van der Waals surface area contributed by atoms with Crippen LogP contribution in [0.1, 0.15) is 30.9 Å². The lowest BCUT2D eigenvalue weighted by Gasteiger charge is -2.43. The molecule has 1 aromatic carbocycles. The van der Waals surface area contributed by atoms with E-state index in [1.807, 2.05) is 41.0 Å². The zero-order valence-corrected chi connectivity index (χ0v) is 15.0. The van der Waals surface area contributed by atoms with Gasteiger partial charge in [0.15, 0.2) is 0 Å². The number of pyridine rings is 1. The minimum absolute atomic E-state index is 0.00466. The molecular formula is C21H22N2O4. The molecule has 6 heteroatoms. The van der Waals surface area contributed by atoms with E-state index < -0.39 is 5.97 Å². The molecule has 2 aromatic rings. The van der Waals surface area contributed by atoms with Crippen molar-refractivity contribution in [1.29, 1.82) is 0 Å². The Labute approximate surface area is 157 Å². The summed E-state index contributed by atoms with van der Waals surface area (Å²) in [4.78, 5) is 37.5. The van der Waals surface area contributed by atoms with Crippen LogP contribution in [0.25, 0.3) is 11.1 Å². The fourth-order valence-electron chi connectivity index (χ4n) is 4.45. The molecule has 2 bridgehead atoms. The van der Waals surface area contributed by atoms with E-state index >= 15 is 0 Å². The number of carbonyl (C=O) groups is 2. The molecule has 27 heavy (non-hydrogen) atoms. The van der Waals surface area contributed by atoms with Crippen LogP contribution in [0.2, 0.25) is 0 Å². The van der Waals surface area contributed by atoms with E-state index in [1.165, 1.54) is 0 Å². The summed E-state index contributed by atoms with van der Waals surface area (Å²) in [6, 6.07) is 13.5. The van der Waals surface area contributed by atoms with Crippen LogP contribution in [0.4, 0.5) is 0 Å². The van der Waals surface area contributed by atoms with Crippen molar-refractivity contribution in [2.75, 3.05) is 13.1 Å². The first-order chi connectivity index (χ1) is 13.0. The summed E-state index contributed by atoms with van der Waals surface area (Å²) in [6.07, 6.45) is 0.837. The molecule has 1 fully saturated rings. The number of benzene rings is 1. The summed E-state index contributed by atoms with van der Waals surface area (Å²) in [6.45, 7) is 1.74. The summed E-state index contributed by atoms with van der Waals surface area (Å²) in [5.41, 5.74) is 3.11. The second kappa shape index (κ2) is 7.02. The lowest BCUT2D eigenvalue weighted by Crippen LogP contribution is -2.49. The van der Waals surface area contributed by atoms with E-state index in [4.69, 9.17) is 5.11 Å². The van der Waals surface area contributed by atoms with Crippen LogP contribution in [0.15, 0.2) is 47.3 Å². The highest BCUT2D eigenvalue weighted by Gasteiger charge is 2.37. The standard InChI is InChI=1S/C21H22N2O4/c24-18(8-9-20(26)27)22-11-14-10-16(13-22)21-17(15-4-2-1-3-5-15)6-7-19(25)23(21)12-14/h1-7,14,16H,8-13H2,(H,26,27)/t14-,16-/m0/s1. The molecule has 1 N–H and O–H groups in total. The minimum Gasteiger partial charge on any atom is -0.481 e. The Morgan fingerprint density at radius 3 is 2.52 bits per heavy atom. The number of carbonyl (C=O) groups excluding carboxylic acids is 1. The number of amides is 1. The van der Waals surface area contributed by atoms with E-state index in [1.54, 1.807) is 11.0 Å². The van der Waals surface area contributed by atoms with Gasteiger partial charge in [-0.1, -0.05) is 30.3 Å². The highest BCUT2D eigenvalue weighted by Crippen LogP contribution is 2.39. The third-order valence-electron chi connectivity index (χ3n) is 5.58. The molecule has 1 aromatic heterocycles. The lowest BCUT2D eigenvalue weighted by atomic mass is 9.80. The first kappa shape index (κ1) is 17.5. The number of carboxylic acid groups (broad SMARTS) is 1. The van der Waals surface area contributed by atoms with Crippen LogP contribution < -0.4 is 5.56 Å². The average molecular weight is 366 g/mol. The van der Waals surface area contributed by atoms with Crippen LogP contribution >= 0.6 is 0 Å². The summed E-state index contributed by atoms with van der Waals surface area (Å²) in [7, 11) is 0. The quantitative estimate of drug-likeness (QED) is 0.901. The summed E-state index contributed by atoms with van der Waals surface area (Å²) < 4.78 is 1.88. The molecule has 1 amide bonds. The molecular weight excluding hydrogens is 344 g/mol. The number of hydrogen-bond donors (Lipinski definition) is 1. The molecule has 0 aliphatic carbocycles. The Hall–Kier alpha value is -2.89. The molecule has 0 unspecified atom stereocenters. The molecule has 0 saturated carbocycles. The number of rotatable bonds is 4. The van der Waals surface area contributed by atoms with Crippen LogP contribution in [-0.2, 0) is 16.1 Å². The topological polar surface area (TPSA) is 79.6 Å². The van der Waals surface area contributed by atoms with Crippen molar-refractivity contribution in [2.45, 2.75) is 31.7 Å². The van der Waals surface area contributed by atoms with Crippen molar-refractivity contribution in [2.24, 2.45) is 5.92 Å². The van der Waals surface area contributed by atoms with Gasteiger partial charge in [0.1, 0.15) is 0 Å². The zero-order chi connectivity index (χ0) is 19.0. The van der Waals surface area contributed by atoms with Gasteiger partial charge in [-0.05, 0) is 24.0 Å². The number of carboxylic acids is 1. The van der Waals surface area contributed by atoms with Crippen molar-refractivity contribution in [1.82, 2.24) is 9.47 Å². The average Bonchev–Trinajstić information content (AvgIpc) is 2.67. The normalized spacial score (nSPS) is 20.8. The van der Waals surface area contributed by atoms with Crippen molar-refractivity contribution >= 4 is 11.9 Å². The molecule has 2 aliphatic rings. The van der Waals surface area contributed by atoms with Gasteiger partial charge in [0.25, 0.3) is 5.56 Å². The number of fused-ring (bicyclic) bond motifs is 4. The first-order valence-electron chi connectivity index (χ1n) is 9.31. The van der Waals surface area contributed by atoms with E-state index in [0.717, 1.165) is 23.2 Å². The Bertz CT molecular complexity index is 935. The van der Waals surface area contributed by atoms with E-state index in [9.17, 15) is 14.4 Å². The Balaban J connectivity index is 1.68. The predicted molar refractivity (Wildman–Crippen MR) is 100 cm³/mol. The van der Waals surface area contributed by atoms with Crippen molar-refractivity contribution in [3.05, 3.63) is 58.5 Å². The molecule has 140 valence electrons. The maximum atomic E-state index is 12.5. The predicted octanol–water partition coefficient (Wildman–Crippen LogP) is 2.33. The maximum Gasteiger partial charge on any atom is 0.303 e. The highest BCUT2D eigenvalue weighted by molar-refractivity contribution is 5.81. The SMILES string of the molecule is O=C(O)CCC(=O)N1C[C@@H]2C[C@@H](C1)c1c(-c3ccccc3)ccc(=O)n1C2. The number of piperidine rings is 1. The van der Waals surface area contributed by atoms with E-state index in [0.29, 0.717) is 19.6 Å². The maximum absolute atomic E-state index is 12.5. The molecule has 4 rings (SSSR count).